The fourth-order valence-corrected chi connectivity index (χ4v) is 1.24. The van der Waals surface area contributed by atoms with E-state index >= 15 is 0 Å². The van der Waals surface area contributed by atoms with E-state index in [-0.39, 0.29) is 36.4 Å². The molecule has 7 heteroatoms. The van der Waals surface area contributed by atoms with Crippen molar-refractivity contribution in [2.24, 2.45) is 4.99 Å². The maximum atomic E-state index is 11.4. The molecule has 0 bridgehead atoms. The highest BCUT2D eigenvalue weighted by Crippen LogP contribution is 1.80. The third kappa shape index (κ3) is 13.7. The molecule has 0 saturated heterocycles. The topological polar surface area (TPSA) is 74.8 Å². The minimum Gasteiger partial charge on any atom is -0.382 e. The third-order valence-electron chi connectivity index (χ3n) is 2.17. The van der Waals surface area contributed by atoms with Crippen molar-refractivity contribution in [3.8, 4) is 0 Å². The Bertz CT molecular complexity index is 250. The first kappa shape index (κ1) is 20.7. The third-order valence-corrected chi connectivity index (χ3v) is 2.17. The monoisotopic (exact) mass is 386 g/mol. The summed E-state index contributed by atoms with van der Waals surface area (Å²) in [5.41, 5.74) is 0. The van der Waals surface area contributed by atoms with Gasteiger partial charge in [-0.25, -0.2) is 0 Å². The number of guanidine groups is 1. The fraction of sp³-hybridized carbons (Fsp3) is 0.833. The number of hydrogen-bond donors (Lipinski definition) is 3. The van der Waals surface area contributed by atoms with Crippen LogP contribution in [-0.4, -0.2) is 51.8 Å². The zero-order chi connectivity index (χ0) is 13.6. The lowest BCUT2D eigenvalue weighted by atomic mass is 10.4. The molecule has 0 fully saturated rings. The molecule has 0 saturated carbocycles. The maximum Gasteiger partial charge on any atom is 0.239 e. The number of nitrogens with one attached hydrogen (secondary N) is 3. The molecule has 0 aromatic carbocycles. The summed E-state index contributed by atoms with van der Waals surface area (Å²) >= 11 is 0. The second-order valence-electron chi connectivity index (χ2n) is 3.75. The number of rotatable bonds is 9. The summed E-state index contributed by atoms with van der Waals surface area (Å²) < 4.78 is 5.23. The summed E-state index contributed by atoms with van der Waals surface area (Å²) in [6.07, 6.45) is 1.85. The average Bonchev–Trinajstić information content (AvgIpc) is 2.39. The number of aliphatic imine (C=N–C) groups is 1. The zero-order valence-electron chi connectivity index (χ0n) is 12.1. The molecule has 0 aliphatic heterocycles. The molecule has 0 heterocycles. The number of carbonyl (C=O) groups excluding carboxylic acids is 1. The van der Waals surface area contributed by atoms with E-state index in [2.05, 4.69) is 20.9 Å². The molecule has 114 valence electrons. The number of amides is 1. The molecular formula is C12H27IN4O2. The number of nitrogens with zero attached hydrogens (tertiary/aromatic N) is 1. The Morgan fingerprint density at radius 3 is 2.47 bits per heavy atom. The Hall–Kier alpha value is -0.570. The lowest BCUT2D eigenvalue weighted by molar-refractivity contribution is -0.120. The van der Waals surface area contributed by atoms with Crippen LogP contribution < -0.4 is 16.0 Å². The second kappa shape index (κ2) is 15.5. The lowest BCUT2D eigenvalue weighted by Gasteiger charge is -2.11. The van der Waals surface area contributed by atoms with Crippen LogP contribution in [0, 0.1) is 0 Å². The second-order valence-corrected chi connectivity index (χ2v) is 3.75. The van der Waals surface area contributed by atoms with Gasteiger partial charge in [0.2, 0.25) is 5.91 Å². The smallest absolute Gasteiger partial charge is 0.239 e. The van der Waals surface area contributed by atoms with Crippen molar-refractivity contribution in [3.05, 3.63) is 0 Å². The first-order valence-electron chi connectivity index (χ1n) is 6.53. The van der Waals surface area contributed by atoms with Gasteiger partial charge in [-0.2, -0.15) is 0 Å². The van der Waals surface area contributed by atoms with Crippen molar-refractivity contribution >= 4 is 35.8 Å². The Kier molecular flexibility index (Phi) is 16.9. The van der Waals surface area contributed by atoms with Crippen molar-refractivity contribution < 1.29 is 9.53 Å². The molecule has 0 spiro atoms. The fourth-order valence-electron chi connectivity index (χ4n) is 1.24. The minimum absolute atomic E-state index is 0. The Balaban J connectivity index is 0. The average molecular weight is 386 g/mol. The van der Waals surface area contributed by atoms with Crippen LogP contribution in [0.5, 0.6) is 0 Å². The molecule has 0 aliphatic carbocycles. The number of carbonyl (C=O) groups is 1. The normalized spacial score (nSPS) is 10.6. The highest BCUT2D eigenvalue weighted by molar-refractivity contribution is 14.0. The Morgan fingerprint density at radius 2 is 1.89 bits per heavy atom. The van der Waals surface area contributed by atoms with E-state index in [0.29, 0.717) is 12.5 Å². The van der Waals surface area contributed by atoms with Crippen molar-refractivity contribution in [3.63, 3.8) is 0 Å². The van der Waals surface area contributed by atoms with Crippen molar-refractivity contribution in [1.29, 1.82) is 0 Å². The summed E-state index contributed by atoms with van der Waals surface area (Å²) in [6, 6.07) is 0. The molecule has 0 aromatic heterocycles. The van der Waals surface area contributed by atoms with E-state index in [9.17, 15) is 4.79 Å². The van der Waals surface area contributed by atoms with E-state index in [4.69, 9.17) is 4.74 Å². The summed E-state index contributed by atoms with van der Waals surface area (Å²) in [4.78, 5) is 15.4. The number of hydrogen-bond acceptors (Lipinski definition) is 3. The van der Waals surface area contributed by atoms with Gasteiger partial charge in [0.1, 0.15) is 0 Å². The van der Waals surface area contributed by atoms with Crippen LogP contribution in [0.1, 0.15) is 26.7 Å². The lowest BCUT2D eigenvalue weighted by Crippen LogP contribution is -2.43. The molecule has 0 rings (SSSR count). The van der Waals surface area contributed by atoms with E-state index in [1.165, 1.54) is 0 Å². The molecule has 0 atom stereocenters. The number of halogens is 1. The van der Waals surface area contributed by atoms with Crippen LogP contribution in [0.3, 0.4) is 0 Å². The molecule has 6 nitrogen and oxygen atoms in total. The van der Waals surface area contributed by atoms with Gasteiger partial charge in [0, 0.05) is 33.4 Å². The van der Waals surface area contributed by atoms with Crippen molar-refractivity contribution in [2.75, 3.05) is 39.9 Å². The number of ether oxygens (including phenoxy) is 1. The maximum absolute atomic E-state index is 11.4. The van der Waals surface area contributed by atoms with Gasteiger partial charge in [-0.1, -0.05) is 6.92 Å². The quantitative estimate of drug-likeness (QED) is 0.236. The zero-order valence-corrected chi connectivity index (χ0v) is 14.5. The van der Waals surface area contributed by atoms with Crippen LogP contribution in [0.2, 0.25) is 0 Å². The van der Waals surface area contributed by atoms with Gasteiger partial charge in [0.15, 0.2) is 5.96 Å². The van der Waals surface area contributed by atoms with Crippen LogP contribution in [0.15, 0.2) is 4.99 Å². The first-order valence-corrected chi connectivity index (χ1v) is 6.53. The molecule has 0 unspecified atom stereocenters. The predicted molar refractivity (Wildman–Crippen MR) is 89.2 cm³/mol. The van der Waals surface area contributed by atoms with Gasteiger partial charge in [-0.05, 0) is 19.8 Å². The van der Waals surface area contributed by atoms with Crippen LogP contribution in [-0.2, 0) is 9.53 Å². The highest BCUT2D eigenvalue weighted by atomic mass is 127. The van der Waals surface area contributed by atoms with E-state index in [1.807, 2.05) is 13.8 Å². The van der Waals surface area contributed by atoms with E-state index in [1.54, 1.807) is 7.05 Å². The van der Waals surface area contributed by atoms with Gasteiger partial charge >= 0.3 is 0 Å². The van der Waals surface area contributed by atoms with Gasteiger partial charge in [-0.15, -0.1) is 24.0 Å². The largest absolute Gasteiger partial charge is 0.382 e. The molecule has 0 aliphatic rings. The van der Waals surface area contributed by atoms with Gasteiger partial charge in [0.25, 0.3) is 0 Å². The summed E-state index contributed by atoms with van der Waals surface area (Å²) in [6.45, 7) is 7.19. The molecule has 0 radical (unpaired) electrons. The van der Waals surface area contributed by atoms with Gasteiger partial charge < -0.3 is 20.7 Å². The Labute approximate surface area is 133 Å². The van der Waals surface area contributed by atoms with Gasteiger partial charge in [-0.3, -0.25) is 9.79 Å². The van der Waals surface area contributed by atoms with Gasteiger partial charge in [0.05, 0.1) is 6.54 Å². The molecular weight excluding hydrogens is 359 g/mol. The van der Waals surface area contributed by atoms with Crippen LogP contribution in [0.25, 0.3) is 0 Å². The van der Waals surface area contributed by atoms with Crippen molar-refractivity contribution in [1.82, 2.24) is 16.0 Å². The molecule has 1 amide bonds. The minimum atomic E-state index is -0.0193. The van der Waals surface area contributed by atoms with E-state index in [0.717, 1.165) is 32.6 Å². The standard InChI is InChI=1S/C12H26N4O2.HI/c1-4-7-14-11(17)10-16-12(13-3)15-8-6-9-18-5-2;/h4-10H2,1-3H3,(H,14,17)(H2,13,15,16);1H. The summed E-state index contributed by atoms with van der Waals surface area (Å²) in [5, 5.41) is 8.87. The van der Waals surface area contributed by atoms with Crippen LogP contribution in [0.4, 0.5) is 0 Å². The summed E-state index contributed by atoms with van der Waals surface area (Å²) in [7, 11) is 1.68. The molecule has 19 heavy (non-hydrogen) atoms. The molecule has 0 aromatic rings. The SMILES string of the molecule is CCCNC(=O)CNC(=NC)NCCCOCC.I. The van der Waals surface area contributed by atoms with Crippen molar-refractivity contribution in [2.45, 2.75) is 26.7 Å². The predicted octanol–water partition coefficient (Wildman–Crippen LogP) is 0.722. The first-order chi connectivity index (χ1) is 8.74. The van der Waals surface area contributed by atoms with Crippen LogP contribution >= 0.6 is 24.0 Å². The highest BCUT2D eigenvalue weighted by Gasteiger charge is 2.01. The molecule has 3 N–H and O–H groups in total. The Morgan fingerprint density at radius 1 is 1.16 bits per heavy atom. The summed E-state index contributed by atoms with van der Waals surface area (Å²) in [5.74, 6) is 0.618. The van der Waals surface area contributed by atoms with E-state index < -0.39 is 0 Å².